The number of aromatic nitrogens is 1. The van der Waals surface area contributed by atoms with Crippen molar-refractivity contribution in [2.24, 2.45) is 0 Å². The number of hydrogen-bond donors (Lipinski definition) is 0. The smallest absolute Gasteiger partial charge is 0.228 e. The Morgan fingerprint density at radius 2 is 1.15 bits per heavy atom. The molecular weight excluding hydrogens is 414 g/mol. The average molecular weight is 442 g/mol. The molecule has 168 valence electrons. The van der Waals surface area contributed by atoms with Crippen LogP contribution in [0.4, 0.5) is 0 Å². The van der Waals surface area contributed by atoms with Crippen molar-refractivity contribution in [3.63, 3.8) is 0 Å². The van der Waals surface area contributed by atoms with Gasteiger partial charge in [-0.3, -0.25) is 9.36 Å². The quantitative estimate of drug-likeness (QED) is 0.302. The van der Waals surface area contributed by atoms with Gasteiger partial charge in [-0.05, 0) is 16.7 Å². The summed E-state index contributed by atoms with van der Waals surface area (Å²) in [6.45, 7) is 2.89. The van der Waals surface area contributed by atoms with Crippen LogP contribution in [-0.2, 0) is 31.2 Å². The van der Waals surface area contributed by atoms with Gasteiger partial charge in [-0.25, -0.2) is 0 Å². The Labute approximate surface area is 194 Å². The lowest BCUT2D eigenvalue weighted by Crippen LogP contribution is -2.11. The lowest BCUT2D eigenvalue weighted by atomic mass is 10.2. The van der Waals surface area contributed by atoms with Crippen molar-refractivity contribution in [1.29, 1.82) is 0 Å². The van der Waals surface area contributed by atoms with Crippen LogP contribution in [0.3, 0.4) is 0 Å². The predicted molar refractivity (Wildman–Crippen MR) is 127 cm³/mol. The molecule has 4 rings (SSSR count). The summed E-state index contributed by atoms with van der Waals surface area (Å²) in [5.74, 6) is 0.911. The number of nitrogens with zero attached hydrogens (tertiary/aromatic N) is 1. The van der Waals surface area contributed by atoms with Crippen molar-refractivity contribution in [2.45, 2.75) is 33.4 Å². The molecule has 0 atom stereocenters. The third-order valence-electron chi connectivity index (χ3n) is 5.18. The molecule has 4 aromatic rings. The molecule has 0 saturated carbocycles. The topological polar surface area (TPSA) is 49.7 Å². The normalized spacial score (nSPS) is 10.7. The van der Waals surface area contributed by atoms with Crippen LogP contribution in [0, 0.1) is 0 Å². The van der Waals surface area contributed by atoms with Gasteiger partial charge in [-0.2, -0.15) is 0 Å². The van der Waals surface area contributed by atoms with Crippen molar-refractivity contribution < 1.29 is 19.0 Å². The second-order valence-electron chi connectivity index (χ2n) is 7.69. The van der Waals surface area contributed by atoms with Crippen LogP contribution in [0.25, 0.3) is 0 Å². The van der Waals surface area contributed by atoms with Crippen molar-refractivity contribution in [3.8, 4) is 11.5 Å². The molecule has 1 aromatic heterocycles. The fraction of sp³-hybridized carbons (Fsp3) is 0.179. The van der Waals surface area contributed by atoms with Gasteiger partial charge in [0.2, 0.25) is 5.91 Å². The molecule has 0 saturated heterocycles. The van der Waals surface area contributed by atoms with E-state index in [2.05, 4.69) is 0 Å². The first-order valence-electron chi connectivity index (χ1n) is 10.9. The Morgan fingerprint density at radius 3 is 1.67 bits per heavy atom. The summed E-state index contributed by atoms with van der Waals surface area (Å²) in [7, 11) is 0. The van der Waals surface area contributed by atoms with Crippen molar-refractivity contribution in [3.05, 3.63) is 120 Å². The molecule has 5 heteroatoms. The van der Waals surface area contributed by atoms with Gasteiger partial charge in [0.05, 0.1) is 25.1 Å². The monoisotopic (exact) mass is 441 g/mol. The van der Waals surface area contributed by atoms with E-state index in [0.717, 1.165) is 16.7 Å². The molecule has 1 heterocycles. The molecule has 0 aliphatic rings. The van der Waals surface area contributed by atoms with E-state index in [1.807, 2.05) is 91.0 Å². The largest absolute Gasteiger partial charge is 0.483 e. The predicted octanol–water partition coefficient (Wildman–Crippen LogP) is 6.02. The van der Waals surface area contributed by atoms with Crippen LogP contribution < -0.4 is 9.47 Å². The fourth-order valence-corrected chi connectivity index (χ4v) is 3.48. The summed E-state index contributed by atoms with van der Waals surface area (Å²) in [4.78, 5) is 12.4. The highest BCUT2D eigenvalue weighted by Gasteiger charge is 2.21. The number of carbonyl (C=O) groups is 1. The summed E-state index contributed by atoms with van der Waals surface area (Å²) in [6, 6.07) is 29.7. The standard InChI is InChI=1S/C28H27NO4/c1-22(30)29-17-27(32-19-24-13-7-3-8-14-24)28(33-20-25-15-9-4-10-16-25)26(29)21-31-18-23-11-5-2-6-12-23/h2-17H,18-21H2,1H3. The molecule has 33 heavy (non-hydrogen) atoms. The first-order chi connectivity index (χ1) is 16.2. The first kappa shape index (κ1) is 22.4. The summed E-state index contributed by atoms with van der Waals surface area (Å²) in [5, 5.41) is 0. The van der Waals surface area contributed by atoms with Gasteiger partial charge in [-0.1, -0.05) is 91.0 Å². The van der Waals surface area contributed by atoms with Crippen LogP contribution in [0.2, 0.25) is 0 Å². The Morgan fingerprint density at radius 1 is 0.667 bits per heavy atom. The van der Waals surface area contributed by atoms with Crippen molar-refractivity contribution in [2.75, 3.05) is 0 Å². The summed E-state index contributed by atoms with van der Waals surface area (Å²) >= 11 is 0. The molecule has 0 amide bonds. The summed E-state index contributed by atoms with van der Waals surface area (Å²) < 4.78 is 19.8. The highest BCUT2D eigenvalue weighted by atomic mass is 16.5. The highest BCUT2D eigenvalue weighted by molar-refractivity contribution is 5.79. The van der Waals surface area contributed by atoms with E-state index in [4.69, 9.17) is 14.2 Å². The molecule has 0 bridgehead atoms. The van der Waals surface area contributed by atoms with Gasteiger partial charge >= 0.3 is 0 Å². The molecule has 3 aromatic carbocycles. The molecule has 0 aliphatic heterocycles. The summed E-state index contributed by atoms with van der Waals surface area (Å²) in [5.41, 5.74) is 3.75. The zero-order chi connectivity index (χ0) is 22.9. The Bertz CT molecular complexity index is 1150. The molecule has 5 nitrogen and oxygen atoms in total. The second-order valence-corrected chi connectivity index (χ2v) is 7.69. The van der Waals surface area contributed by atoms with Crippen LogP contribution in [0.1, 0.15) is 34.1 Å². The maximum atomic E-state index is 12.4. The number of carbonyl (C=O) groups excluding carboxylic acids is 1. The molecule has 0 unspecified atom stereocenters. The van der Waals surface area contributed by atoms with Crippen LogP contribution in [-0.4, -0.2) is 10.5 Å². The van der Waals surface area contributed by atoms with Crippen LogP contribution >= 0.6 is 0 Å². The first-order valence-corrected chi connectivity index (χ1v) is 10.9. The van der Waals surface area contributed by atoms with E-state index < -0.39 is 0 Å². The Balaban J connectivity index is 1.57. The summed E-state index contributed by atoms with van der Waals surface area (Å²) in [6.07, 6.45) is 1.69. The van der Waals surface area contributed by atoms with Crippen LogP contribution in [0.15, 0.2) is 97.2 Å². The van der Waals surface area contributed by atoms with E-state index in [-0.39, 0.29) is 12.5 Å². The number of rotatable bonds is 10. The van der Waals surface area contributed by atoms with E-state index in [1.165, 1.54) is 6.92 Å². The molecule has 0 radical (unpaired) electrons. The van der Waals surface area contributed by atoms with Crippen molar-refractivity contribution in [1.82, 2.24) is 4.57 Å². The van der Waals surface area contributed by atoms with Crippen LogP contribution in [0.5, 0.6) is 11.5 Å². The average Bonchev–Trinajstić information content (AvgIpc) is 3.21. The van der Waals surface area contributed by atoms with E-state index >= 15 is 0 Å². The zero-order valence-corrected chi connectivity index (χ0v) is 18.6. The number of benzene rings is 3. The Kier molecular flexibility index (Phi) is 7.56. The van der Waals surface area contributed by atoms with Gasteiger partial charge < -0.3 is 14.2 Å². The molecule has 0 aliphatic carbocycles. The third-order valence-corrected chi connectivity index (χ3v) is 5.18. The van der Waals surface area contributed by atoms with E-state index in [0.29, 0.717) is 37.0 Å². The Hall–Kier alpha value is -3.83. The molecule has 0 N–H and O–H groups in total. The molecule has 0 spiro atoms. The molecular formula is C28H27NO4. The molecule has 0 fully saturated rings. The third kappa shape index (κ3) is 6.11. The number of hydrogen-bond acceptors (Lipinski definition) is 4. The lowest BCUT2D eigenvalue weighted by Gasteiger charge is -2.13. The van der Waals surface area contributed by atoms with Gasteiger partial charge in [0, 0.05) is 6.92 Å². The zero-order valence-electron chi connectivity index (χ0n) is 18.6. The van der Waals surface area contributed by atoms with Gasteiger partial charge in [0.25, 0.3) is 0 Å². The van der Waals surface area contributed by atoms with Crippen molar-refractivity contribution >= 4 is 5.91 Å². The highest BCUT2D eigenvalue weighted by Crippen LogP contribution is 2.36. The van der Waals surface area contributed by atoms with Gasteiger partial charge in [0.15, 0.2) is 11.5 Å². The van der Waals surface area contributed by atoms with E-state index in [9.17, 15) is 4.79 Å². The minimum Gasteiger partial charge on any atom is -0.483 e. The number of ether oxygens (including phenoxy) is 3. The van der Waals surface area contributed by atoms with Gasteiger partial charge in [-0.15, -0.1) is 0 Å². The fourth-order valence-electron chi connectivity index (χ4n) is 3.48. The van der Waals surface area contributed by atoms with E-state index in [1.54, 1.807) is 10.8 Å². The minimum atomic E-state index is -0.132. The second kappa shape index (κ2) is 11.2. The van der Waals surface area contributed by atoms with Gasteiger partial charge in [0.1, 0.15) is 13.2 Å². The maximum Gasteiger partial charge on any atom is 0.228 e. The minimum absolute atomic E-state index is 0.132. The maximum absolute atomic E-state index is 12.4. The lowest BCUT2D eigenvalue weighted by molar-refractivity contribution is 0.0859. The SMILES string of the molecule is CC(=O)n1cc(OCc2ccccc2)c(OCc2ccccc2)c1COCc1ccccc1.